The molecule has 0 saturated heterocycles. The molecule has 11 heavy (non-hydrogen) atoms. The molecule has 0 amide bonds. The van der Waals surface area contributed by atoms with Crippen molar-refractivity contribution in [3.05, 3.63) is 12.0 Å². The Morgan fingerprint density at radius 1 is 1.64 bits per heavy atom. The van der Waals surface area contributed by atoms with Crippen LogP contribution in [0.25, 0.3) is 0 Å². The molecular weight excluding hydrogens is 214 g/mol. The minimum absolute atomic E-state index is 0.578. The highest BCUT2D eigenvalue weighted by atomic mass is 79.9. The van der Waals surface area contributed by atoms with Gasteiger partial charge in [-0.1, -0.05) is 5.17 Å². The van der Waals surface area contributed by atoms with Crippen LogP contribution in [0, 0.1) is 0 Å². The Morgan fingerprint density at radius 2 is 2.36 bits per heavy atom. The molecule has 0 fully saturated rings. The van der Waals surface area contributed by atoms with E-state index in [4.69, 9.17) is 9.57 Å². The van der Waals surface area contributed by atoms with Gasteiger partial charge >= 0.3 is 0 Å². The van der Waals surface area contributed by atoms with E-state index in [0.717, 1.165) is 5.76 Å². The molecule has 0 spiro atoms. The van der Waals surface area contributed by atoms with Crippen molar-refractivity contribution in [2.24, 2.45) is 0 Å². The highest BCUT2D eigenvalue weighted by Gasteiger charge is 2.15. The predicted molar refractivity (Wildman–Crippen MR) is 42.7 cm³/mol. The average molecular weight is 224 g/mol. The quantitative estimate of drug-likeness (QED) is 0.686. The standard InChI is InChI=1S/C5H10BrN3O2/c1-10-5-3-8(6)7-9(4-5)11-2/h3,7H,4H2,1-2H3. The molecule has 0 aromatic heterocycles. The summed E-state index contributed by atoms with van der Waals surface area (Å²) in [6, 6.07) is 0. The largest absolute Gasteiger partial charge is 0.498 e. The minimum atomic E-state index is 0.578. The molecule has 1 N–H and O–H groups in total. The second kappa shape index (κ2) is 3.91. The van der Waals surface area contributed by atoms with E-state index < -0.39 is 0 Å². The summed E-state index contributed by atoms with van der Waals surface area (Å²) in [5.41, 5.74) is 2.84. The number of halogens is 1. The van der Waals surface area contributed by atoms with Gasteiger partial charge in [0.1, 0.15) is 12.3 Å². The third-order valence-corrected chi connectivity index (χ3v) is 1.61. The van der Waals surface area contributed by atoms with Gasteiger partial charge in [0.15, 0.2) is 0 Å². The first-order valence-electron chi connectivity index (χ1n) is 3.04. The van der Waals surface area contributed by atoms with Gasteiger partial charge < -0.3 is 4.74 Å². The van der Waals surface area contributed by atoms with E-state index in [1.54, 1.807) is 24.5 Å². The van der Waals surface area contributed by atoms with Crippen LogP contribution >= 0.6 is 16.1 Å². The van der Waals surface area contributed by atoms with Crippen molar-refractivity contribution in [3.8, 4) is 0 Å². The van der Waals surface area contributed by atoms with Gasteiger partial charge in [0, 0.05) is 0 Å². The zero-order chi connectivity index (χ0) is 8.27. The summed E-state index contributed by atoms with van der Waals surface area (Å²) in [7, 11) is 3.19. The first-order valence-corrected chi connectivity index (χ1v) is 3.75. The van der Waals surface area contributed by atoms with Gasteiger partial charge in [-0.25, -0.2) is 4.03 Å². The SMILES string of the molecule is COC1=CN(Br)NN(OC)C1. The average Bonchev–Trinajstić information content (AvgIpc) is 2.03. The van der Waals surface area contributed by atoms with Crippen LogP contribution in [0.15, 0.2) is 12.0 Å². The smallest absolute Gasteiger partial charge is 0.132 e. The summed E-state index contributed by atoms with van der Waals surface area (Å²) < 4.78 is 6.59. The van der Waals surface area contributed by atoms with Gasteiger partial charge in [-0.3, -0.25) is 4.84 Å². The Labute approximate surface area is 73.8 Å². The second-order valence-corrected chi connectivity index (χ2v) is 2.69. The van der Waals surface area contributed by atoms with Crippen molar-refractivity contribution in [2.45, 2.75) is 0 Å². The molecule has 0 aliphatic carbocycles. The number of hydrogen-bond donors (Lipinski definition) is 1. The van der Waals surface area contributed by atoms with Gasteiger partial charge in [0.2, 0.25) is 0 Å². The first-order chi connectivity index (χ1) is 5.26. The summed E-state index contributed by atoms with van der Waals surface area (Å²) in [6.07, 6.45) is 1.77. The Balaban J connectivity index is 2.54. The van der Waals surface area contributed by atoms with Gasteiger partial charge in [0.25, 0.3) is 0 Å². The number of methoxy groups -OCH3 is 1. The number of rotatable bonds is 2. The van der Waals surface area contributed by atoms with Gasteiger partial charge in [0.05, 0.1) is 36.6 Å². The van der Waals surface area contributed by atoms with Crippen molar-refractivity contribution in [1.82, 2.24) is 14.7 Å². The number of nitrogens with zero attached hydrogens (tertiary/aromatic N) is 2. The lowest BCUT2D eigenvalue weighted by Gasteiger charge is -2.29. The van der Waals surface area contributed by atoms with Gasteiger partial charge in [-0.2, -0.15) is 0 Å². The van der Waals surface area contributed by atoms with E-state index >= 15 is 0 Å². The molecule has 1 rings (SSSR count). The van der Waals surface area contributed by atoms with Crippen LogP contribution in [0.3, 0.4) is 0 Å². The molecule has 1 aliphatic rings. The molecule has 1 heterocycles. The van der Waals surface area contributed by atoms with Crippen LogP contribution in [0.1, 0.15) is 0 Å². The number of hydrogen-bond acceptors (Lipinski definition) is 5. The molecule has 5 nitrogen and oxygen atoms in total. The van der Waals surface area contributed by atoms with E-state index in [1.807, 2.05) is 0 Å². The van der Waals surface area contributed by atoms with Crippen LogP contribution in [-0.2, 0) is 9.57 Å². The number of ether oxygens (including phenoxy) is 1. The summed E-state index contributed by atoms with van der Waals surface area (Å²) in [5, 5.41) is 1.52. The van der Waals surface area contributed by atoms with Crippen LogP contribution in [0.2, 0.25) is 0 Å². The van der Waals surface area contributed by atoms with Crippen molar-refractivity contribution in [3.63, 3.8) is 0 Å². The van der Waals surface area contributed by atoms with Crippen molar-refractivity contribution < 1.29 is 9.57 Å². The summed E-state index contributed by atoms with van der Waals surface area (Å²) in [5.74, 6) is 0.808. The van der Waals surface area contributed by atoms with E-state index in [2.05, 4.69) is 21.7 Å². The lowest BCUT2D eigenvalue weighted by molar-refractivity contribution is -0.198. The Bertz CT molecular complexity index is 164. The summed E-state index contributed by atoms with van der Waals surface area (Å²) >= 11 is 3.19. The zero-order valence-electron chi connectivity index (χ0n) is 6.37. The van der Waals surface area contributed by atoms with Crippen LogP contribution in [-0.4, -0.2) is 30.0 Å². The lowest BCUT2D eigenvalue weighted by atomic mass is 10.5. The molecule has 0 unspecified atom stereocenters. The molecule has 0 saturated carbocycles. The number of hydroxylamine groups is 1. The number of nitrogens with one attached hydrogen (secondary N) is 1. The highest BCUT2D eigenvalue weighted by Crippen LogP contribution is 2.09. The van der Waals surface area contributed by atoms with Crippen LogP contribution in [0.5, 0.6) is 0 Å². The maximum Gasteiger partial charge on any atom is 0.132 e. The highest BCUT2D eigenvalue weighted by molar-refractivity contribution is 9.07. The summed E-state index contributed by atoms with van der Waals surface area (Å²) in [4.78, 5) is 4.92. The fourth-order valence-electron chi connectivity index (χ4n) is 0.702. The van der Waals surface area contributed by atoms with E-state index in [-0.39, 0.29) is 0 Å². The molecule has 1 aliphatic heterocycles. The van der Waals surface area contributed by atoms with Crippen LogP contribution in [0.4, 0.5) is 0 Å². The fraction of sp³-hybridized carbons (Fsp3) is 0.600. The Hall–Kier alpha value is -0.300. The molecule has 0 aromatic rings. The normalized spacial score (nSPS) is 19.9. The molecule has 6 heteroatoms. The first kappa shape index (κ1) is 8.79. The fourth-order valence-corrected chi connectivity index (χ4v) is 1.11. The number of hydrazine groups is 2. The van der Waals surface area contributed by atoms with Gasteiger partial charge in [-0.05, 0) is 0 Å². The van der Waals surface area contributed by atoms with Crippen molar-refractivity contribution in [1.29, 1.82) is 0 Å². The Kier molecular flexibility index (Phi) is 3.13. The van der Waals surface area contributed by atoms with Crippen molar-refractivity contribution >= 4 is 16.1 Å². The molecule has 0 atom stereocenters. The van der Waals surface area contributed by atoms with E-state index in [0.29, 0.717) is 6.54 Å². The zero-order valence-corrected chi connectivity index (χ0v) is 7.96. The Morgan fingerprint density at radius 3 is 2.91 bits per heavy atom. The van der Waals surface area contributed by atoms with E-state index in [1.165, 1.54) is 5.17 Å². The minimum Gasteiger partial charge on any atom is -0.498 e. The third-order valence-electron chi connectivity index (χ3n) is 1.25. The maximum absolute atomic E-state index is 5.02. The second-order valence-electron chi connectivity index (χ2n) is 1.93. The third kappa shape index (κ3) is 2.33. The van der Waals surface area contributed by atoms with Crippen LogP contribution < -0.4 is 5.53 Å². The molecule has 0 radical (unpaired) electrons. The maximum atomic E-state index is 5.02. The predicted octanol–water partition coefficient (Wildman–Crippen LogP) is 0.383. The molecule has 0 aromatic carbocycles. The van der Waals surface area contributed by atoms with Gasteiger partial charge in [-0.15, -0.1) is 5.53 Å². The monoisotopic (exact) mass is 223 g/mol. The van der Waals surface area contributed by atoms with Crippen molar-refractivity contribution in [2.75, 3.05) is 20.8 Å². The molecule has 0 bridgehead atoms. The summed E-state index contributed by atoms with van der Waals surface area (Å²) in [6.45, 7) is 0.578. The topological polar surface area (TPSA) is 37.0 Å². The lowest BCUT2D eigenvalue weighted by Crippen LogP contribution is -2.47. The van der Waals surface area contributed by atoms with E-state index in [9.17, 15) is 0 Å². The molecular formula is C5H10BrN3O2. The molecule has 64 valence electrons.